The highest BCUT2D eigenvalue weighted by Crippen LogP contribution is 2.40. The lowest BCUT2D eigenvalue weighted by atomic mass is 9.95. The summed E-state index contributed by atoms with van der Waals surface area (Å²) >= 11 is 5.81. The fraction of sp³-hybridized carbons (Fsp3) is 0.360. The van der Waals surface area contributed by atoms with Gasteiger partial charge in [-0.1, -0.05) is 55.7 Å². The Labute approximate surface area is 183 Å². The predicted molar refractivity (Wildman–Crippen MR) is 124 cm³/mol. The van der Waals surface area contributed by atoms with Crippen molar-refractivity contribution < 1.29 is 0 Å². The van der Waals surface area contributed by atoms with Crippen LogP contribution in [0, 0.1) is 0 Å². The quantitative estimate of drug-likeness (QED) is 0.552. The molecule has 5 heteroatoms. The molecule has 1 N–H and O–H groups in total. The van der Waals surface area contributed by atoms with Crippen LogP contribution in [0.15, 0.2) is 73.2 Å². The third kappa shape index (κ3) is 3.86. The van der Waals surface area contributed by atoms with Gasteiger partial charge in [0, 0.05) is 31.2 Å². The summed E-state index contributed by atoms with van der Waals surface area (Å²) in [6.45, 7) is 0.787. The molecule has 0 spiro atoms. The summed E-state index contributed by atoms with van der Waals surface area (Å²) in [5.41, 5.74) is 3.60. The predicted octanol–water partition coefficient (Wildman–Crippen LogP) is 5.56. The van der Waals surface area contributed by atoms with Gasteiger partial charge < -0.3 is 14.8 Å². The van der Waals surface area contributed by atoms with Crippen LogP contribution < -0.4 is 5.32 Å². The lowest BCUT2D eigenvalue weighted by molar-refractivity contribution is 0.309. The van der Waals surface area contributed by atoms with Gasteiger partial charge >= 0.3 is 0 Å². The minimum atomic E-state index is 0.0459. The van der Waals surface area contributed by atoms with E-state index < -0.39 is 0 Å². The second-order valence-corrected chi connectivity index (χ2v) is 8.81. The molecule has 1 saturated carbocycles. The molecule has 2 aliphatic rings. The maximum atomic E-state index is 5.81. The largest absolute Gasteiger partial charge is 0.352 e. The molecular formula is C25H28N4S. The van der Waals surface area contributed by atoms with Crippen molar-refractivity contribution in [2.75, 3.05) is 0 Å². The molecule has 154 valence electrons. The van der Waals surface area contributed by atoms with Crippen LogP contribution in [0.5, 0.6) is 0 Å². The van der Waals surface area contributed by atoms with Gasteiger partial charge in [0.05, 0.1) is 17.8 Å². The molecular weight excluding hydrogens is 388 g/mol. The van der Waals surface area contributed by atoms with Crippen molar-refractivity contribution in [3.05, 3.63) is 90.0 Å². The summed E-state index contributed by atoms with van der Waals surface area (Å²) in [6.07, 6.45) is 13.1. The Kier molecular flexibility index (Phi) is 5.54. The van der Waals surface area contributed by atoms with Gasteiger partial charge in [-0.3, -0.25) is 4.98 Å². The van der Waals surface area contributed by atoms with E-state index in [1.807, 2.05) is 12.3 Å². The second kappa shape index (κ2) is 8.60. The minimum Gasteiger partial charge on any atom is -0.352 e. The average Bonchev–Trinajstić information content (AvgIpc) is 3.41. The number of nitrogens with one attached hydrogen (secondary N) is 1. The molecule has 2 aromatic heterocycles. The minimum absolute atomic E-state index is 0.0459. The van der Waals surface area contributed by atoms with Crippen molar-refractivity contribution in [1.82, 2.24) is 19.8 Å². The van der Waals surface area contributed by atoms with Gasteiger partial charge in [-0.2, -0.15) is 0 Å². The Morgan fingerprint density at radius 1 is 0.967 bits per heavy atom. The molecule has 2 atom stereocenters. The van der Waals surface area contributed by atoms with E-state index in [0.29, 0.717) is 6.04 Å². The van der Waals surface area contributed by atoms with Crippen molar-refractivity contribution >= 4 is 17.3 Å². The van der Waals surface area contributed by atoms with Gasteiger partial charge in [0.2, 0.25) is 0 Å². The summed E-state index contributed by atoms with van der Waals surface area (Å²) in [5.74, 6) is 0. The fourth-order valence-electron chi connectivity index (χ4n) is 4.93. The summed E-state index contributed by atoms with van der Waals surface area (Å²) in [5, 5.41) is 4.36. The van der Waals surface area contributed by atoms with Gasteiger partial charge in [-0.15, -0.1) is 0 Å². The van der Waals surface area contributed by atoms with Crippen molar-refractivity contribution in [1.29, 1.82) is 0 Å². The van der Waals surface area contributed by atoms with Crippen molar-refractivity contribution in [3.63, 3.8) is 0 Å². The smallest absolute Gasteiger partial charge is 0.170 e. The monoisotopic (exact) mass is 416 g/mol. The Morgan fingerprint density at radius 3 is 2.53 bits per heavy atom. The molecule has 3 heterocycles. The summed E-state index contributed by atoms with van der Waals surface area (Å²) < 4.78 is 2.44. The zero-order chi connectivity index (χ0) is 20.3. The number of thiocarbonyl (C=S) groups is 1. The lowest BCUT2D eigenvalue weighted by Crippen LogP contribution is -2.29. The van der Waals surface area contributed by atoms with Crippen LogP contribution in [0.4, 0.5) is 0 Å². The van der Waals surface area contributed by atoms with Crippen LogP contribution in [0.3, 0.4) is 0 Å². The molecule has 1 saturated heterocycles. The Balaban J connectivity index is 1.49. The van der Waals surface area contributed by atoms with Crippen molar-refractivity contribution in [3.8, 4) is 0 Å². The average molecular weight is 417 g/mol. The molecule has 1 aliphatic carbocycles. The first kappa shape index (κ1) is 19.3. The van der Waals surface area contributed by atoms with Crippen LogP contribution in [-0.4, -0.2) is 19.6 Å². The molecule has 0 radical (unpaired) electrons. The molecule has 0 amide bonds. The van der Waals surface area contributed by atoms with E-state index in [1.165, 1.54) is 43.2 Å². The molecule has 0 unspecified atom stereocenters. The van der Waals surface area contributed by atoms with E-state index >= 15 is 0 Å². The molecule has 1 aliphatic heterocycles. The molecule has 5 rings (SSSR count). The summed E-state index contributed by atoms with van der Waals surface area (Å²) in [7, 11) is 0. The molecule has 2 fully saturated rings. The number of hydrogen-bond acceptors (Lipinski definition) is 2. The maximum absolute atomic E-state index is 5.81. The Hall–Kier alpha value is -2.66. The van der Waals surface area contributed by atoms with Crippen LogP contribution in [0.25, 0.3) is 0 Å². The normalized spacial score (nSPS) is 22.3. The number of pyridine rings is 1. The van der Waals surface area contributed by atoms with Gasteiger partial charge in [-0.05, 0) is 54.4 Å². The molecule has 30 heavy (non-hydrogen) atoms. The molecule has 0 bridgehead atoms. The topological polar surface area (TPSA) is 33.1 Å². The van der Waals surface area contributed by atoms with Crippen LogP contribution >= 0.6 is 12.2 Å². The summed E-state index contributed by atoms with van der Waals surface area (Å²) in [4.78, 5) is 6.98. The summed E-state index contributed by atoms with van der Waals surface area (Å²) in [6, 6.07) is 19.8. The molecule has 3 aromatic rings. The zero-order valence-electron chi connectivity index (χ0n) is 17.2. The number of rotatable bonds is 5. The van der Waals surface area contributed by atoms with E-state index in [-0.39, 0.29) is 12.1 Å². The van der Waals surface area contributed by atoms with Gasteiger partial charge in [0.25, 0.3) is 0 Å². The Morgan fingerprint density at radius 2 is 1.77 bits per heavy atom. The van der Waals surface area contributed by atoms with E-state index in [9.17, 15) is 0 Å². The van der Waals surface area contributed by atoms with Gasteiger partial charge in [0.1, 0.15) is 0 Å². The number of nitrogens with zero attached hydrogens (tertiary/aromatic N) is 3. The third-order valence-electron chi connectivity index (χ3n) is 6.47. The SMILES string of the molecule is S=C1N[C@H](c2ccccn2)[C@H](c2ccn(C3CCCCC3)c2)N1Cc1ccccc1. The van der Waals surface area contributed by atoms with Crippen LogP contribution in [0.2, 0.25) is 0 Å². The number of aromatic nitrogens is 2. The van der Waals surface area contributed by atoms with Crippen LogP contribution in [0.1, 0.15) is 67.1 Å². The van der Waals surface area contributed by atoms with E-state index in [4.69, 9.17) is 12.2 Å². The fourth-order valence-corrected chi connectivity index (χ4v) is 5.24. The first-order valence-electron chi connectivity index (χ1n) is 11.0. The highest BCUT2D eigenvalue weighted by atomic mass is 32.1. The van der Waals surface area contributed by atoms with E-state index in [1.54, 1.807) is 0 Å². The first-order chi connectivity index (χ1) is 14.8. The molecule has 1 aromatic carbocycles. The first-order valence-corrected chi connectivity index (χ1v) is 11.4. The Bertz CT molecular complexity index is 979. The standard InChI is InChI=1S/C25H28N4S/c30-25-27-23(22-13-7-8-15-26-22)24(29(25)17-19-9-3-1-4-10-19)20-14-16-28(18-20)21-11-5-2-6-12-21/h1,3-4,7-10,13-16,18,21,23-24H,2,5-6,11-12,17H2,(H,27,30)/t23-,24+/m1/s1. The lowest BCUT2D eigenvalue weighted by Gasteiger charge is -2.28. The third-order valence-corrected chi connectivity index (χ3v) is 6.82. The van der Waals surface area contributed by atoms with E-state index in [0.717, 1.165) is 17.4 Å². The van der Waals surface area contributed by atoms with E-state index in [2.05, 4.69) is 80.7 Å². The van der Waals surface area contributed by atoms with Crippen molar-refractivity contribution in [2.45, 2.75) is 56.8 Å². The highest BCUT2D eigenvalue weighted by molar-refractivity contribution is 7.80. The maximum Gasteiger partial charge on any atom is 0.170 e. The van der Waals surface area contributed by atoms with Gasteiger partial charge in [-0.25, -0.2) is 0 Å². The number of hydrogen-bond donors (Lipinski definition) is 1. The molecule has 4 nitrogen and oxygen atoms in total. The number of benzene rings is 1. The van der Waals surface area contributed by atoms with Crippen LogP contribution in [-0.2, 0) is 6.54 Å². The van der Waals surface area contributed by atoms with Gasteiger partial charge in [0.15, 0.2) is 5.11 Å². The zero-order valence-corrected chi connectivity index (χ0v) is 18.0. The highest BCUT2D eigenvalue weighted by Gasteiger charge is 2.40. The second-order valence-electron chi connectivity index (χ2n) is 8.42. The van der Waals surface area contributed by atoms with Crippen molar-refractivity contribution in [2.24, 2.45) is 0 Å².